The number of aromatic nitrogens is 1. The van der Waals surface area contributed by atoms with Crippen LogP contribution in [0.1, 0.15) is 24.2 Å². The molecular formula is C17H16ClFN2. The number of nitrogens with one attached hydrogen (secondary N) is 2. The van der Waals surface area contributed by atoms with Crippen LogP contribution in [0.25, 0.3) is 10.9 Å². The lowest BCUT2D eigenvalue weighted by molar-refractivity contribution is 0.566. The van der Waals surface area contributed by atoms with Gasteiger partial charge in [0.15, 0.2) is 0 Å². The van der Waals surface area contributed by atoms with Crippen LogP contribution in [-0.4, -0.2) is 4.98 Å². The summed E-state index contributed by atoms with van der Waals surface area (Å²) in [5.74, 6) is -0.218. The molecule has 21 heavy (non-hydrogen) atoms. The largest absolute Gasteiger partial charge is 0.356 e. The minimum absolute atomic E-state index is 0.119. The van der Waals surface area contributed by atoms with E-state index >= 15 is 0 Å². The van der Waals surface area contributed by atoms with Crippen LogP contribution in [0.4, 0.5) is 4.39 Å². The van der Waals surface area contributed by atoms with Gasteiger partial charge in [0.05, 0.1) is 5.02 Å². The van der Waals surface area contributed by atoms with Gasteiger partial charge in [0.25, 0.3) is 0 Å². The Morgan fingerprint density at radius 2 is 1.86 bits per heavy atom. The first-order chi connectivity index (χ1) is 10.1. The smallest absolute Gasteiger partial charge is 0.123 e. The number of hydrogen-bond donors (Lipinski definition) is 2. The topological polar surface area (TPSA) is 27.8 Å². The highest BCUT2D eigenvalue weighted by Gasteiger charge is 2.11. The lowest BCUT2D eigenvalue weighted by Gasteiger charge is -2.13. The van der Waals surface area contributed by atoms with Crippen LogP contribution in [-0.2, 0) is 6.54 Å². The second-order valence-electron chi connectivity index (χ2n) is 5.12. The predicted octanol–water partition coefficient (Wildman–Crippen LogP) is 4.81. The van der Waals surface area contributed by atoms with Gasteiger partial charge in [-0.3, -0.25) is 0 Å². The van der Waals surface area contributed by atoms with Crippen LogP contribution >= 0.6 is 11.6 Å². The van der Waals surface area contributed by atoms with Crippen LogP contribution in [0.2, 0.25) is 5.02 Å². The fourth-order valence-corrected chi connectivity index (χ4v) is 2.69. The Bertz CT molecular complexity index is 749. The first-order valence-corrected chi connectivity index (χ1v) is 7.27. The van der Waals surface area contributed by atoms with E-state index in [1.807, 2.05) is 31.2 Å². The highest BCUT2D eigenvalue weighted by Crippen LogP contribution is 2.27. The Morgan fingerprint density at radius 1 is 1.14 bits per heavy atom. The van der Waals surface area contributed by atoms with E-state index in [1.54, 1.807) is 12.1 Å². The number of hydrogen-bond acceptors (Lipinski definition) is 1. The molecular weight excluding hydrogens is 287 g/mol. The standard InChI is InChI=1S/C17H16ClFN2/c1-11(12-6-8-13(19)9-7-12)20-10-16-17(18)14-4-2-3-5-15(14)21-16/h2-9,11,20-21H,10H2,1H3/t11-/m0/s1. The first-order valence-electron chi connectivity index (χ1n) is 6.89. The molecule has 0 spiro atoms. The van der Waals surface area contributed by atoms with E-state index in [4.69, 9.17) is 11.6 Å². The Labute approximate surface area is 127 Å². The van der Waals surface area contributed by atoms with Gasteiger partial charge in [-0.25, -0.2) is 4.39 Å². The van der Waals surface area contributed by atoms with E-state index < -0.39 is 0 Å². The quantitative estimate of drug-likeness (QED) is 0.711. The molecule has 1 atom stereocenters. The number of benzene rings is 2. The minimum Gasteiger partial charge on any atom is -0.356 e. The molecule has 2 nitrogen and oxygen atoms in total. The normalized spacial score (nSPS) is 12.7. The number of halogens is 2. The summed E-state index contributed by atoms with van der Waals surface area (Å²) >= 11 is 6.39. The Kier molecular flexibility index (Phi) is 3.95. The Balaban J connectivity index is 1.74. The van der Waals surface area contributed by atoms with Crippen molar-refractivity contribution in [3.63, 3.8) is 0 Å². The average molecular weight is 303 g/mol. The third-order valence-corrected chi connectivity index (χ3v) is 4.10. The maximum atomic E-state index is 12.9. The predicted molar refractivity (Wildman–Crippen MR) is 85.0 cm³/mol. The van der Waals surface area contributed by atoms with Gasteiger partial charge in [-0.1, -0.05) is 41.9 Å². The van der Waals surface area contributed by atoms with Gasteiger partial charge in [-0.15, -0.1) is 0 Å². The zero-order valence-electron chi connectivity index (χ0n) is 11.7. The van der Waals surface area contributed by atoms with Crippen molar-refractivity contribution in [3.8, 4) is 0 Å². The van der Waals surface area contributed by atoms with Crippen molar-refractivity contribution in [2.24, 2.45) is 0 Å². The SMILES string of the molecule is C[C@H](NCc1[nH]c2ccccc2c1Cl)c1ccc(F)cc1. The van der Waals surface area contributed by atoms with E-state index in [2.05, 4.69) is 10.3 Å². The fraction of sp³-hybridized carbons (Fsp3) is 0.176. The van der Waals surface area contributed by atoms with E-state index in [-0.39, 0.29) is 11.9 Å². The van der Waals surface area contributed by atoms with Crippen molar-refractivity contribution in [3.05, 3.63) is 70.6 Å². The monoisotopic (exact) mass is 302 g/mol. The van der Waals surface area contributed by atoms with Crippen LogP contribution in [0.3, 0.4) is 0 Å². The molecule has 108 valence electrons. The zero-order valence-corrected chi connectivity index (χ0v) is 12.4. The highest BCUT2D eigenvalue weighted by atomic mass is 35.5. The lowest BCUT2D eigenvalue weighted by atomic mass is 10.1. The second-order valence-corrected chi connectivity index (χ2v) is 5.50. The van der Waals surface area contributed by atoms with Gasteiger partial charge >= 0.3 is 0 Å². The summed E-state index contributed by atoms with van der Waals surface area (Å²) < 4.78 is 12.9. The third kappa shape index (κ3) is 2.94. The van der Waals surface area contributed by atoms with E-state index in [1.165, 1.54) is 12.1 Å². The lowest BCUT2D eigenvalue weighted by Crippen LogP contribution is -2.18. The van der Waals surface area contributed by atoms with Gasteiger partial charge in [0, 0.05) is 29.2 Å². The molecule has 0 aliphatic rings. The maximum absolute atomic E-state index is 12.9. The van der Waals surface area contributed by atoms with Crippen molar-refractivity contribution < 1.29 is 4.39 Å². The highest BCUT2D eigenvalue weighted by molar-refractivity contribution is 6.36. The number of aromatic amines is 1. The van der Waals surface area contributed by atoms with Crippen molar-refractivity contribution in [1.82, 2.24) is 10.3 Å². The molecule has 1 heterocycles. The van der Waals surface area contributed by atoms with Crippen molar-refractivity contribution in [1.29, 1.82) is 0 Å². The van der Waals surface area contributed by atoms with Crippen LogP contribution in [0.5, 0.6) is 0 Å². The molecule has 0 fully saturated rings. The van der Waals surface area contributed by atoms with Crippen molar-refractivity contribution in [2.75, 3.05) is 0 Å². The van der Waals surface area contributed by atoms with E-state index in [0.29, 0.717) is 6.54 Å². The van der Waals surface area contributed by atoms with Crippen LogP contribution in [0, 0.1) is 5.82 Å². The molecule has 2 N–H and O–H groups in total. The molecule has 0 amide bonds. The van der Waals surface area contributed by atoms with E-state index in [0.717, 1.165) is 27.2 Å². The Hall–Kier alpha value is -1.84. The summed E-state index contributed by atoms with van der Waals surface area (Å²) in [7, 11) is 0. The molecule has 2 aromatic carbocycles. The van der Waals surface area contributed by atoms with Gasteiger partial charge in [0.2, 0.25) is 0 Å². The summed E-state index contributed by atoms with van der Waals surface area (Å²) in [6, 6.07) is 14.6. The molecule has 3 aromatic rings. The summed E-state index contributed by atoms with van der Waals surface area (Å²) in [5, 5.41) is 5.19. The minimum atomic E-state index is -0.218. The van der Waals surface area contributed by atoms with Gasteiger partial charge in [0.1, 0.15) is 5.82 Å². The van der Waals surface area contributed by atoms with Crippen LogP contribution < -0.4 is 5.32 Å². The molecule has 4 heteroatoms. The number of fused-ring (bicyclic) bond motifs is 1. The third-order valence-electron chi connectivity index (χ3n) is 3.67. The zero-order chi connectivity index (χ0) is 14.8. The Morgan fingerprint density at radius 3 is 2.57 bits per heavy atom. The van der Waals surface area contributed by atoms with Gasteiger partial charge < -0.3 is 10.3 Å². The molecule has 0 unspecified atom stereocenters. The maximum Gasteiger partial charge on any atom is 0.123 e. The van der Waals surface area contributed by atoms with Crippen LogP contribution in [0.15, 0.2) is 48.5 Å². The molecule has 1 aromatic heterocycles. The van der Waals surface area contributed by atoms with E-state index in [9.17, 15) is 4.39 Å². The molecule has 0 saturated carbocycles. The summed E-state index contributed by atoms with van der Waals surface area (Å²) in [4.78, 5) is 3.33. The number of rotatable bonds is 4. The van der Waals surface area contributed by atoms with Gasteiger partial charge in [-0.2, -0.15) is 0 Å². The molecule has 0 aliphatic carbocycles. The molecule has 0 radical (unpaired) electrons. The number of para-hydroxylation sites is 1. The second kappa shape index (κ2) is 5.88. The molecule has 3 rings (SSSR count). The summed E-state index contributed by atoms with van der Waals surface area (Å²) in [6.45, 7) is 2.68. The van der Waals surface area contributed by atoms with Crippen molar-refractivity contribution >= 4 is 22.5 Å². The summed E-state index contributed by atoms with van der Waals surface area (Å²) in [6.07, 6.45) is 0. The summed E-state index contributed by atoms with van der Waals surface area (Å²) in [5.41, 5.74) is 3.05. The molecule has 0 bridgehead atoms. The number of H-pyrrole nitrogens is 1. The average Bonchev–Trinajstić information content (AvgIpc) is 2.82. The molecule has 0 saturated heterocycles. The van der Waals surface area contributed by atoms with Crippen molar-refractivity contribution in [2.45, 2.75) is 19.5 Å². The first kappa shape index (κ1) is 14.1. The molecule has 0 aliphatic heterocycles. The van der Waals surface area contributed by atoms with Gasteiger partial charge in [-0.05, 0) is 30.7 Å². The fourth-order valence-electron chi connectivity index (χ4n) is 2.41.